The minimum atomic E-state index is -0.360. The van der Waals surface area contributed by atoms with E-state index < -0.39 is 0 Å². The van der Waals surface area contributed by atoms with Gasteiger partial charge in [0.1, 0.15) is 5.75 Å². The lowest BCUT2D eigenvalue weighted by molar-refractivity contribution is -0.114. The summed E-state index contributed by atoms with van der Waals surface area (Å²) in [6, 6.07) is 11.5. The maximum Gasteiger partial charge on any atom is 0.255 e. The minimum Gasteiger partial charge on any atom is -0.495 e. The third kappa shape index (κ3) is 4.45. The van der Waals surface area contributed by atoms with Crippen LogP contribution in [0.3, 0.4) is 0 Å². The number of hydrogen-bond acceptors (Lipinski definition) is 4. The second-order valence-corrected chi connectivity index (χ2v) is 5.07. The van der Waals surface area contributed by atoms with Gasteiger partial charge in [-0.3, -0.25) is 9.59 Å². The number of anilines is 2. The number of halogens is 1. The van der Waals surface area contributed by atoms with Gasteiger partial charge in [0.15, 0.2) is 0 Å². The number of carbonyl (C=O) groups is 2. The highest BCUT2D eigenvalue weighted by Gasteiger charge is 2.11. The molecule has 120 valence electrons. The van der Waals surface area contributed by atoms with Crippen molar-refractivity contribution < 1.29 is 14.3 Å². The van der Waals surface area contributed by atoms with E-state index in [1.54, 1.807) is 42.5 Å². The zero-order chi connectivity index (χ0) is 16.8. The molecule has 0 saturated heterocycles. The van der Waals surface area contributed by atoms with Crippen LogP contribution in [0.2, 0.25) is 5.02 Å². The number of nitrogens with one attached hydrogen (secondary N) is 2. The van der Waals surface area contributed by atoms with Gasteiger partial charge in [-0.25, -0.2) is 0 Å². The summed E-state index contributed by atoms with van der Waals surface area (Å²) in [5, 5.41) is 5.82. The lowest BCUT2D eigenvalue weighted by Gasteiger charge is -2.12. The van der Waals surface area contributed by atoms with E-state index in [2.05, 4.69) is 10.6 Å². The standard InChI is InChI=1S/C16H16ClN3O3/c1-23-14-6-5-12(8-13(14)20-15(21)9-18)19-16(22)10-3-2-4-11(17)7-10/h2-8H,9,18H2,1H3,(H,19,22)(H,20,21). The van der Waals surface area contributed by atoms with Gasteiger partial charge in [-0.2, -0.15) is 0 Å². The lowest BCUT2D eigenvalue weighted by Crippen LogP contribution is -2.22. The first-order chi connectivity index (χ1) is 11.0. The molecule has 23 heavy (non-hydrogen) atoms. The Hall–Kier alpha value is -2.57. The Morgan fingerprint density at radius 1 is 1.17 bits per heavy atom. The molecule has 0 fully saturated rings. The largest absolute Gasteiger partial charge is 0.495 e. The van der Waals surface area contributed by atoms with Crippen LogP contribution < -0.4 is 21.1 Å². The first kappa shape index (κ1) is 16.8. The summed E-state index contributed by atoms with van der Waals surface area (Å²) < 4.78 is 5.17. The molecule has 4 N–H and O–H groups in total. The first-order valence-electron chi connectivity index (χ1n) is 6.78. The molecular weight excluding hydrogens is 318 g/mol. The zero-order valence-electron chi connectivity index (χ0n) is 12.4. The molecule has 2 aromatic carbocycles. The van der Waals surface area contributed by atoms with Crippen LogP contribution in [0.1, 0.15) is 10.4 Å². The van der Waals surface area contributed by atoms with E-state index >= 15 is 0 Å². The molecule has 0 unspecified atom stereocenters. The van der Waals surface area contributed by atoms with Crippen molar-refractivity contribution in [3.05, 3.63) is 53.1 Å². The highest BCUT2D eigenvalue weighted by atomic mass is 35.5. The van der Waals surface area contributed by atoms with E-state index in [1.165, 1.54) is 7.11 Å². The fourth-order valence-electron chi connectivity index (χ4n) is 1.92. The molecule has 2 rings (SSSR count). The number of ether oxygens (including phenoxy) is 1. The van der Waals surface area contributed by atoms with Crippen LogP contribution in [0.4, 0.5) is 11.4 Å². The Kier molecular flexibility index (Phi) is 5.56. The molecule has 2 aromatic rings. The molecule has 0 aliphatic carbocycles. The molecule has 0 bridgehead atoms. The van der Waals surface area contributed by atoms with Gasteiger partial charge in [0, 0.05) is 16.3 Å². The maximum absolute atomic E-state index is 12.2. The second-order valence-electron chi connectivity index (χ2n) is 4.63. The van der Waals surface area contributed by atoms with E-state index in [4.69, 9.17) is 22.1 Å². The molecule has 0 saturated carbocycles. The normalized spacial score (nSPS) is 10.0. The Morgan fingerprint density at radius 2 is 1.96 bits per heavy atom. The number of amides is 2. The van der Waals surface area contributed by atoms with Crippen LogP contribution in [0.15, 0.2) is 42.5 Å². The topological polar surface area (TPSA) is 93.5 Å². The van der Waals surface area contributed by atoms with Crippen LogP contribution in [0.25, 0.3) is 0 Å². The third-order valence-corrected chi connectivity index (χ3v) is 3.24. The van der Waals surface area contributed by atoms with E-state index in [-0.39, 0.29) is 18.4 Å². The number of nitrogens with two attached hydrogens (primary N) is 1. The quantitative estimate of drug-likeness (QED) is 0.783. The van der Waals surface area contributed by atoms with Gasteiger partial charge in [-0.15, -0.1) is 0 Å². The van der Waals surface area contributed by atoms with E-state index in [1.807, 2.05) is 0 Å². The van der Waals surface area contributed by atoms with Gasteiger partial charge >= 0.3 is 0 Å². The van der Waals surface area contributed by atoms with Crippen LogP contribution in [-0.2, 0) is 4.79 Å². The number of benzene rings is 2. The number of carbonyl (C=O) groups excluding carboxylic acids is 2. The predicted octanol–water partition coefficient (Wildman–Crippen LogP) is 2.50. The minimum absolute atomic E-state index is 0.151. The second kappa shape index (κ2) is 7.62. The molecule has 0 radical (unpaired) electrons. The van der Waals surface area contributed by atoms with E-state index in [0.29, 0.717) is 27.7 Å². The molecule has 2 amide bonds. The Balaban J connectivity index is 2.21. The summed E-state index contributed by atoms with van der Waals surface area (Å²) in [5.41, 5.74) is 6.64. The van der Waals surface area contributed by atoms with Gasteiger partial charge in [0.2, 0.25) is 5.91 Å². The van der Waals surface area contributed by atoms with Crippen LogP contribution in [0, 0.1) is 0 Å². The molecule has 0 aliphatic heterocycles. The van der Waals surface area contributed by atoms with Crippen molar-refractivity contribution in [3.8, 4) is 5.75 Å². The van der Waals surface area contributed by atoms with Crippen molar-refractivity contribution >= 4 is 34.8 Å². The van der Waals surface area contributed by atoms with Crippen LogP contribution in [0.5, 0.6) is 5.75 Å². The number of rotatable bonds is 5. The SMILES string of the molecule is COc1ccc(NC(=O)c2cccc(Cl)c2)cc1NC(=O)CN. The van der Waals surface area contributed by atoms with Crippen LogP contribution in [-0.4, -0.2) is 25.5 Å². The average molecular weight is 334 g/mol. The highest BCUT2D eigenvalue weighted by molar-refractivity contribution is 6.31. The summed E-state index contributed by atoms with van der Waals surface area (Å²) in [7, 11) is 1.48. The Labute approximate surface area is 138 Å². The molecule has 6 nitrogen and oxygen atoms in total. The number of methoxy groups -OCH3 is 1. The molecule has 0 aliphatic rings. The summed E-state index contributed by atoms with van der Waals surface area (Å²) >= 11 is 5.87. The van der Waals surface area contributed by atoms with Gasteiger partial charge in [0.25, 0.3) is 5.91 Å². The third-order valence-electron chi connectivity index (χ3n) is 3.00. The van der Waals surface area contributed by atoms with E-state index in [9.17, 15) is 9.59 Å². The predicted molar refractivity (Wildman–Crippen MR) is 90.1 cm³/mol. The molecule has 0 spiro atoms. The Morgan fingerprint density at radius 3 is 2.61 bits per heavy atom. The van der Waals surface area contributed by atoms with Crippen molar-refractivity contribution in [3.63, 3.8) is 0 Å². The molecular formula is C16H16ClN3O3. The lowest BCUT2D eigenvalue weighted by atomic mass is 10.2. The number of hydrogen-bond donors (Lipinski definition) is 3. The smallest absolute Gasteiger partial charge is 0.255 e. The van der Waals surface area contributed by atoms with Gasteiger partial charge < -0.3 is 21.1 Å². The van der Waals surface area contributed by atoms with Gasteiger partial charge in [-0.05, 0) is 36.4 Å². The molecule has 7 heteroatoms. The Bertz CT molecular complexity index is 734. The van der Waals surface area contributed by atoms with Gasteiger partial charge in [-0.1, -0.05) is 17.7 Å². The molecule has 0 heterocycles. The zero-order valence-corrected chi connectivity index (χ0v) is 13.2. The summed E-state index contributed by atoms with van der Waals surface area (Å²) in [4.78, 5) is 23.7. The van der Waals surface area contributed by atoms with Crippen molar-refractivity contribution in [2.45, 2.75) is 0 Å². The first-order valence-corrected chi connectivity index (χ1v) is 7.16. The van der Waals surface area contributed by atoms with Gasteiger partial charge in [0.05, 0.1) is 19.3 Å². The molecule has 0 atom stereocenters. The van der Waals surface area contributed by atoms with Crippen LogP contribution >= 0.6 is 11.6 Å². The van der Waals surface area contributed by atoms with Crippen molar-refractivity contribution in [1.29, 1.82) is 0 Å². The molecule has 0 aromatic heterocycles. The van der Waals surface area contributed by atoms with Crippen molar-refractivity contribution in [1.82, 2.24) is 0 Å². The van der Waals surface area contributed by atoms with Crippen molar-refractivity contribution in [2.75, 3.05) is 24.3 Å². The monoisotopic (exact) mass is 333 g/mol. The maximum atomic E-state index is 12.2. The summed E-state index contributed by atoms with van der Waals surface area (Å²) in [6.07, 6.45) is 0. The summed E-state index contributed by atoms with van der Waals surface area (Å²) in [6.45, 7) is -0.151. The average Bonchev–Trinajstić information content (AvgIpc) is 2.55. The fourth-order valence-corrected chi connectivity index (χ4v) is 2.11. The fraction of sp³-hybridized carbons (Fsp3) is 0.125. The highest BCUT2D eigenvalue weighted by Crippen LogP contribution is 2.28. The van der Waals surface area contributed by atoms with Crippen molar-refractivity contribution in [2.24, 2.45) is 5.73 Å². The summed E-state index contributed by atoms with van der Waals surface area (Å²) in [5.74, 6) is -0.206. The van der Waals surface area contributed by atoms with E-state index in [0.717, 1.165) is 0 Å².